The van der Waals surface area contributed by atoms with Gasteiger partial charge in [0.25, 0.3) is 0 Å². The van der Waals surface area contributed by atoms with Crippen molar-refractivity contribution in [1.29, 1.82) is 0 Å². The molecule has 1 aliphatic carbocycles. The predicted molar refractivity (Wildman–Crippen MR) is 44.3 cm³/mol. The van der Waals surface area contributed by atoms with Gasteiger partial charge in [0, 0.05) is 6.61 Å². The normalized spacial score (nSPS) is 21.3. The average Bonchev–Trinajstić information content (AvgIpc) is 1.93. The van der Waals surface area contributed by atoms with Crippen LogP contribution in [0.25, 0.3) is 0 Å². The maximum Gasteiger partial charge on any atom is 0.0543 e. The van der Waals surface area contributed by atoms with Crippen molar-refractivity contribution in [2.75, 3.05) is 6.61 Å². The van der Waals surface area contributed by atoms with Crippen LogP contribution in [-0.2, 0) is 0 Å². The van der Waals surface area contributed by atoms with E-state index >= 15 is 0 Å². The fourth-order valence-electron chi connectivity index (χ4n) is 1.56. The number of aliphatic hydroxyl groups excluding tert-OH is 2. The van der Waals surface area contributed by atoms with Crippen molar-refractivity contribution < 1.29 is 10.2 Å². The van der Waals surface area contributed by atoms with Crippen LogP contribution >= 0.6 is 0 Å². The summed E-state index contributed by atoms with van der Waals surface area (Å²) in [5, 5.41) is 17.9. The highest BCUT2D eigenvalue weighted by atomic mass is 16.3. The van der Waals surface area contributed by atoms with Crippen LogP contribution in [0, 0.1) is 5.92 Å². The van der Waals surface area contributed by atoms with Crippen LogP contribution in [0.4, 0.5) is 0 Å². The molecule has 0 spiro atoms. The Morgan fingerprint density at radius 1 is 1.36 bits per heavy atom. The zero-order valence-electron chi connectivity index (χ0n) is 7.00. The highest BCUT2D eigenvalue weighted by Crippen LogP contribution is 2.31. The molecule has 66 valence electrons. The SMILES string of the molecule is OCCCC(O)CC1CCC1. The number of hydrogen-bond donors (Lipinski definition) is 2. The Morgan fingerprint density at radius 3 is 2.55 bits per heavy atom. The van der Waals surface area contributed by atoms with Gasteiger partial charge in [0.1, 0.15) is 0 Å². The second-order valence-corrected chi connectivity index (χ2v) is 3.55. The zero-order valence-corrected chi connectivity index (χ0v) is 7.00. The van der Waals surface area contributed by atoms with E-state index in [4.69, 9.17) is 5.11 Å². The smallest absolute Gasteiger partial charge is 0.0543 e. The number of rotatable bonds is 5. The van der Waals surface area contributed by atoms with Crippen molar-refractivity contribution in [1.82, 2.24) is 0 Å². The van der Waals surface area contributed by atoms with Crippen molar-refractivity contribution in [3.63, 3.8) is 0 Å². The fraction of sp³-hybridized carbons (Fsp3) is 1.00. The summed E-state index contributed by atoms with van der Waals surface area (Å²) in [7, 11) is 0. The summed E-state index contributed by atoms with van der Waals surface area (Å²) in [5.74, 6) is 0.781. The van der Waals surface area contributed by atoms with E-state index < -0.39 is 0 Å². The highest BCUT2D eigenvalue weighted by molar-refractivity contribution is 4.72. The molecule has 0 aromatic carbocycles. The molecule has 11 heavy (non-hydrogen) atoms. The van der Waals surface area contributed by atoms with Crippen LogP contribution < -0.4 is 0 Å². The average molecular weight is 158 g/mol. The van der Waals surface area contributed by atoms with Crippen molar-refractivity contribution in [3.05, 3.63) is 0 Å². The van der Waals surface area contributed by atoms with Crippen molar-refractivity contribution >= 4 is 0 Å². The summed E-state index contributed by atoms with van der Waals surface area (Å²) in [6.45, 7) is 0.210. The number of hydrogen-bond acceptors (Lipinski definition) is 2. The maximum absolute atomic E-state index is 9.40. The second kappa shape index (κ2) is 4.73. The molecular weight excluding hydrogens is 140 g/mol. The van der Waals surface area contributed by atoms with E-state index in [0.29, 0.717) is 0 Å². The van der Waals surface area contributed by atoms with Crippen LogP contribution in [0.15, 0.2) is 0 Å². The molecule has 0 aliphatic heterocycles. The third-order valence-electron chi connectivity index (χ3n) is 2.53. The quantitative estimate of drug-likeness (QED) is 0.633. The molecule has 1 atom stereocenters. The molecule has 0 saturated heterocycles. The zero-order chi connectivity index (χ0) is 8.10. The minimum Gasteiger partial charge on any atom is -0.396 e. The van der Waals surface area contributed by atoms with E-state index in [1.807, 2.05) is 0 Å². The van der Waals surface area contributed by atoms with Crippen LogP contribution in [-0.4, -0.2) is 22.9 Å². The van der Waals surface area contributed by atoms with Crippen LogP contribution in [0.5, 0.6) is 0 Å². The van der Waals surface area contributed by atoms with Gasteiger partial charge in [0.15, 0.2) is 0 Å². The molecule has 0 amide bonds. The molecule has 0 aromatic rings. The van der Waals surface area contributed by atoms with Gasteiger partial charge in [-0.1, -0.05) is 19.3 Å². The predicted octanol–water partition coefficient (Wildman–Crippen LogP) is 1.31. The van der Waals surface area contributed by atoms with Gasteiger partial charge in [0.2, 0.25) is 0 Å². The van der Waals surface area contributed by atoms with Gasteiger partial charge in [-0.3, -0.25) is 0 Å². The maximum atomic E-state index is 9.40. The van der Waals surface area contributed by atoms with E-state index in [0.717, 1.165) is 25.2 Å². The Hall–Kier alpha value is -0.0800. The van der Waals surface area contributed by atoms with Crippen molar-refractivity contribution in [2.45, 2.75) is 44.6 Å². The summed E-state index contributed by atoms with van der Waals surface area (Å²) >= 11 is 0. The lowest BCUT2D eigenvalue weighted by Gasteiger charge is -2.27. The van der Waals surface area contributed by atoms with Gasteiger partial charge in [-0.05, 0) is 25.2 Å². The summed E-state index contributed by atoms with van der Waals surface area (Å²) in [6, 6.07) is 0. The second-order valence-electron chi connectivity index (χ2n) is 3.55. The Bertz CT molecular complexity index is 99.7. The Balaban J connectivity index is 1.95. The molecule has 1 unspecified atom stereocenters. The van der Waals surface area contributed by atoms with Crippen LogP contribution in [0.3, 0.4) is 0 Å². The fourth-order valence-corrected chi connectivity index (χ4v) is 1.56. The third kappa shape index (κ3) is 3.21. The largest absolute Gasteiger partial charge is 0.396 e. The van der Waals surface area contributed by atoms with Crippen LogP contribution in [0.1, 0.15) is 38.5 Å². The summed E-state index contributed by atoms with van der Waals surface area (Å²) in [6.07, 6.45) is 6.26. The molecule has 0 aromatic heterocycles. The first kappa shape index (κ1) is 9.01. The van der Waals surface area contributed by atoms with E-state index in [2.05, 4.69) is 0 Å². The van der Waals surface area contributed by atoms with E-state index in [1.165, 1.54) is 19.3 Å². The first-order valence-electron chi connectivity index (χ1n) is 4.62. The molecule has 2 heteroatoms. The summed E-state index contributed by atoms with van der Waals surface area (Å²) < 4.78 is 0. The van der Waals surface area contributed by atoms with Gasteiger partial charge in [-0.2, -0.15) is 0 Å². The van der Waals surface area contributed by atoms with E-state index in [9.17, 15) is 5.11 Å². The van der Waals surface area contributed by atoms with Gasteiger partial charge >= 0.3 is 0 Å². The molecule has 2 nitrogen and oxygen atoms in total. The topological polar surface area (TPSA) is 40.5 Å². The minimum atomic E-state index is -0.160. The van der Waals surface area contributed by atoms with Crippen molar-refractivity contribution in [2.24, 2.45) is 5.92 Å². The molecule has 2 N–H and O–H groups in total. The highest BCUT2D eigenvalue weighted by Gasteiger charge is 2.20. The molecule has 0 bridgehead atoms. The van der Waals surface area contributed by atoms with E-state index in [1.54, 1.807) is 0 Å². The lowest BCUT2D eigenvalue weighted by Crippen LogP contribution is -2.19. The molecule has 1 rings (SSSR count). The molecule has 1 fully saturated rings. The Kier molecular flexibility index (Phi) is 3.87. The third-order valence-corrected chi connectivity index (χ3v) is 2.53. The Morgan fingerprint density at radius 2 is 2.09 bits per heavy atom. The monoisotopic (exact) mass is 158 g/mol. The number of aliphatic hydroxyl groups is 2. The lowest BCUT2D eigenvalue weighted by molar-refractivity contribution is 0.102. The first-order valence-corrected chi connectivity index (χ1v) is 4.62. The molecular formula is C9H18O2. The summed E-state index contributed by atoms with van der Waals surface area (Å²) in [4.78, 5) is 0. The molecule has 0 radical (unpaired) electrons. The first-order chi connectivity index (χ1) is 5.33. The van der Waals surface area contributed by atoms with Crippen LogP contribution in [0.2, 0.25) is 0 Å². The lowest BCUT2D eigenvalue weighted by atomic mass is 9.81. The van der Waals surface area contributed by atoms with Crippen molar-refractivity contribution in [3.8, 4) is 0 Å². The minimum absolute atomic E-state index is 0.160. The van der Waals surface area contributed by atoms with Gasteiger partial charge in [-0.15, -0.1) is 0 Å². The van der Waals surface area contributed by atoms with Gasteiger partial charge in [-0.25, -0.2) is 0 Å². The van der Waals surface area contributed by atoms with E-state index in [-0.39, 0.29) is 12.7 Å². The van der Waals surface area contributed by atoms with Gasteiger partial charge in [0.05, 0.1) is 6.10 Å². The molecule has 0 heterocycles. The molecule has 1 saturated carbocycles. The Labute approximate surface area is 68.2 Å². The van der Waals surface area contributed by atoms with Gasteiger partial charge < -0.3 is 10.2 Å². The standard InChI is InChI=1S/C9H18O2/c10-6-2-5-9(11)7-8-3-1-4-8/h8-11H,1-7H2. The summed E-state index contributed by atoms with van der Waals surface area (Å²) in [5.41, 5.74) is 0. The molecule has 1 aliphatic rings.